The van der Waals surface area contributed by atoms with Gasteiger partial charge < -0.3 is 14.7 Å². The molecule has 0 unspecified atom stereocenters. The number of anilines is 1. The normalized spacial score (nSPS) is 17.3. The van der Waals surface area contributed by atoms with Crippen molar-refractivity contribution in [2.75, 3.05) is 44.2 Å². The molecule has 7 nitrogen and oxygen atoms in total. The number of hydrogen-bond acceptors (Lipinski definition) is 6. The minimum Gasteiger partial charge on any atom is -0.487 e. The van der Waals surface area contributed by atoms with E-state index in [1.165, 1.54) is 0 Å². The Hall–Kier alpha value is -1.86. The van der Waals surface area contributed by atoms with Gasteiger partial charge in [0.05, 0.1) is 17.6 Å². The van der Waals surface area contributed by atoms with E-state index in [1.807, 2.05) is 11.8 Å². The van der Waals surface area contributed by atoms with Crippen molar-refractivity contribution < 1.29 is 14.8 Å². The molecule has 1 aromatic carbocycles. The zero-order valence-electron chi connectivity index (χ0n) is 13.1. The molecule has 2 rings (SSSR count). The Labute approximate surface area is 130 Å². The van der Waals surface area contributed by atoms with Crippen LogP contribution in [0, 0.1) is 10.1 Å². The van der Waals surface area contributed by atoms with Crippen LogP contribution >= 0.6 is 0 Å². The van der Waals surface area contributed by atoms with E-state index < -0.39 is 0 Å². The number of benzene rings is 1. The van der Waals surface area contributed by atoms with Crippen LogP contribution in [0.5, 0.6) is 5.75 Å². The van der Waals surface area contributed by atoms with Crippen LogP contribution < -0.4 is 9.64 Å². The molecule has 122 valence electrons. The number of nitrogens with zero attached hydrogens (tertiary/aromatic N) is 3. The van der Waals surface area contributed by atoms with E-state index in [0.717, 1.165) is 13.1 Å². The molecular weight excluding hydrogens is 286 g/mol. The molecular formula is C15H23N3O4. The molecule has 22 heavy (non-hydrogen) atoms. The highest BCUT2D eigenvalue weighted by atomic mass is 16.6. The van der Waals surface area contributed by atoms with Crippen molar-refractivity contribution in [1.29, 1.82) is 0 Å². The standard InChI is InChI=1S/C15H23N3O4/c1-3-22-14-6-4-5-13(15(14)18(20)21)17-9-7-16(8-10-17)11-12(2)19/h4-6,12,19H,3,7-11H2,1-2H3/t12-/m1/s1. The van der Waals surface area contributed by atoms with E-state index in [2.05, 4.69) is 4.90 Å². The predicted molar refractivity (Wildman–Crippen MR) is 84.6 cm³/mol. The molecule has 1 N–H and O–H groups in total. The Morgan fingerprint density at radius 1 is 1.36 bits per heavy atom. The van der Waals surface area contributed by atoms with Gasteiger partial charge in [-0.2, -0.15) is 0 Å². The molecule has 0 radical (unpaired) electrons. The van der Waals surface area contributed by atoms with Crippen LogP contribution in [0.2, 0.25) is 0 Å². The highest BCUT2D eigenvalue weighted by molar-refractivity contribution is 5.70. The first kappa shape index (κ1) is 16.5. The second kappa shape index (κ2) is 7.42. The fourth-order valence-corrected chi connectivity index (χ4v) is 2.77. The van der Waals surface area contributed by atoms with E-state index in [-0.39, 0.29) is 16.7 Å². The van der Waals surface area contributed by atoms with Crippen molar-refractivity contribution in [1.82, 2.24) is 4.90 Å². The number of aliphatic hydroxyl groups excluding tert-OH is 1. The smallest absolute Gasteiger partial charge is 0.333 e. The Morgan fingerprint density at radius 2 is 2.05 bits per heavy atom. The summed E-state index contributed by atoms with van der Waals surface area (Å²) in [5, 5.41) is 20.9. The summed E-state index contributed by atoms with van der Waals surface area (Å²) >= 11 is 0. The summed E-state index contributed by atoms with van der Waals surface area (Å²) in [6.45, 7) is 7.56. The van der Waals surface area contributed by atoms with Crippen molar-refractivity contribution in [2.45, 2.75) is 20.0 Å². The number of β-amino-alcohol motifs (C(OH)–C–C–N with tert-alkyl or cyclic N) is 1. The predicted octanol–water partition coefficient (Wildman–Crippen LogP) is 1.50. The summed E-state index contributed by atoms with van der Waals surface area (Å²) in [6, 6.07) is 5.19. The number of nitro benzene ring substituents is 1. The average Bonchev–Trinajstić information content (AvgIpc) is 2.47. The minimum absolute atomic E-state index is 0.0355. The first-order valence-electron chi connectivity index (χ1n) is 7.58. The third kappa shape index (κ3) is 3.86. The van der Waals surface area contributed by atoms with Gasteiger partial charge in [0.1, 0.15) is 5.69 Å². The average molecular weight is 309 g/mol. The number of piperazine rings is 1. The van der Waals surface area contributed by atoms with Gasteiger partial charge in [0, 0.05) is 32.7 Å². The molecule has 1 atom stereocenters. The van der Waals surface area contributed by atoms with E-state index in [4.69, 9.17) is 4.74 Å². The van der Waals surface area contributed by atoms with Crippen LogP contribution in [0.15, 0.2) is 18.2 Å². The van der Waals surface area contributed by atoms with Gasteiger partial charge in [0.2, 0.25) is 0 Å². The zero-order valence-corrected chi connectivity index (χ0v) is 13.1. The molecule has 0 spiro atoms. The van der Waals surface area contributed by atoms with Crippen LogP contribution in [0.25, 0.3) is 0 Å². The lowest BCUT2D eigenvalue weighted by Gasteiger charge is -2.36. The maximum Gasteiger partial charge on any atom is 0.333 e. The molecule has 0 saturated carbocycles. The van der Waals surface area contributed by atoms with Crippen LogP contribution in [0.3, 0.4) is 0 Å². The third-order valence-corrected chi connectivity index (χ3v) is 3.70. The summed E-state index contributed by atoms with van der Waals surface area (Å²) in [5.74, 6) is 0.316. The molecule has 1 heterocycles. The van der Waals surface area contributed by atoms with Crippen molar-refractivity contribution >= 4 is 11.4 Å². The van der Waals surface area contributed by atoms with Gasteiger partial charge in [-0.05, 0) is 26.0 Å². The molecule has 1 aliphatic rings. The van der Waals surface area contributed by atoms with Crippen LogP contribution in [0.1, 0.15) is 13.8 Å². The van der Waals surface area contributed by atoms with Gasteiger partial charge in [-0.1, -0.05) is 6.07 Å². The van der Waals surface area contributed by atoms with Gasteiger partial charge in [-0.15, -0.1) is 0 Å². The number of aliphatic hydroxyl groups is 1. The summed E-state index contributed by atoms with van der Waals surface area (Å²) < 4.78 is 5.39. The number of para-hydroxylation sites is 1. The Morgan fingerprint density at radius 3 is 2.59 bits per heavy atom. The van der Waals surface area contributed by atoms with Crippen molar-refractivity contribution in [3.8, 4) is 5.75 Å². The third-order valence-electron chi connectivity index (χ3n) is 3.70. The first-order valence-corrected chi connectivity index (χ1v) is 7.58. The van der Waals surface area contributed by atoms with Crippen LogP contribution in [-0.4, -0.2) is 60.4 Å². The minimum atomic E-state index is -0.373. The quantitative estimate of drug-likeness (QED) is 0.633. The molecule has 7 heteroatoms. The summed E-state index contributed by atoms with van der Waals surface area (Å²) in [7, 11) is 0. The maximum atomic E-state index is 11.4. The maximum absolute atomic E-state index is 11.4. The summed E-state index contributed by atoms with van der Waals surface area (Å²) in [4.78, 5) is 15.2. The van der Waals surface area contributed by atoms with Crippen molar-refractivity contribution in [3.05, 3.63) is 28.3 Å². The molecule has 1 aliphatic heterocycles. The summed E-state index contributed by atoms with van der Waals surface area (Å²) in [6.07, 6.45) is -0.359. The molecule has 0 aliphatic carbocycles. The Kier molecular flexibility index (Phi) is 5.57. The van der Waals surface area contributed by atoms with Gasteiger partial charge in [-0.25, -0.2) is 0 Å². The van der Waals surface area contributed by atoms with Crippen molar-refractivity contribution in [3.63, 3.8) is 0 Å². The Bertz CT molecular complexity index is 514. The van der Waals surface area contributed by atoms with Gasteiger partial charge in [0.25, 0.3) is 0 Å². The highest BCUT2D eigenvalue weighted by Crippen LogP contribution is 2.37. The van der Waals surface area contributed by atoms with Crippen molar-refractivity contribution in [2.24, 2.45) is 0 Å². The van der Waals surface area contributed by atoms with Gasteiger partial charge in [-0.3, -0.25) is 15.0 Å². The lowest BCUT2D eigenvalue weighted by molar-refractivity contribution is -0.385. The largest absolute Gasteiger partial charge is 0.487 e. The van der Waals surface area contributed by atoms with E-state index >= 15 is 0 Å². The van der Waals surface area contributed by atoms with Crippen LogP contribution in [-0.2, 0) is 0 Å². The fraction of sp³-hybridized carbons (Fsp3) is 0.600. The molecule has 1 saturated heterocycles. The first-order chi connectivity index (χ1) is 10.5. The highest BCUT2D eigenvalue weighted by Gasteiger charge is 2.27. The SMILES string of the molecule is CCOc1cccc(N2CCN(C[C@@H](C)O)CC2)c1[N+](=O)[O-]. The molecule has 0 bridgehead atoms. The van der Waals surface area contributed by atoms with Gasteiger partial charge in [0.15, 0.2) is 5.75 Å². The van der Waals surface area contributed by atoms with E-state index in [9.17, 15) is 15.2 Å². The van der Waals surface area contributed by atoms with Crippen LogP contribution in [0.4, 0.5) is 11.4 Å². The topological polar surface area (TPSA) is 79.1 Å². The molecule has 0 aromatic heterocycles. The number of hydrogen-bond donors (Lipinski definition) is 1. The lowest BCUT2D eigenvalue weighted by atomic mass is 10.2. The molecule has 1 fully saturated rings. The van der Waals surface area contributed by atoms with Gasteiger partial charge >= 0.3 is 5.69 Å². The van der Waals surface area contributed by atoms with E-state index in [1.54, 1.807) is 25.1 Å². The molecule has 1 aromatic rings. The number of ether oxygens (including phenoxy) is 1. The van der Waals surface area contributed by atoms with E-state index in [0.29, 0.717) is 37.7 Å². The second-order valence-corrected chi connectivity index (χ2v) is 5.45. The monoisotopic (exact) mass is 309 g/mol. The summed E-state index contributed by atoms with van der Waals surface area (Å²) in [5.41, 5.74) is 0.640. The number of nitro groups is 1. The zero-order chi connectivity index (χ0) is 16.1. The Balaban J connectivity index is 2.16. The fourth-order valence-electron chi connectivity index (χ4n) is 2.77. The molecule has 0 amide bonds. The second-order valence-electron chi connectivity index (χ2n) is 5.45. The number of rotatable bonds is 6. The lowest BCUT2D eigenvalue weighted by Crippen LogP contribution is -2.48.